The molecule has 2 aromatic heterocycles. The summed E-state index contributed by atoms with van der Waals surface area (Å²) in [5, 5.41) is 4.37. The molecule has 0 N–H and O–H groups in total. The van der Waals surface area contributed by atoms with Crippen molar-refractivity contribution in [3.63, 3.8) is 0 Å². The second-order valence-electron chi connectivity index (χ2n) is 4.32. The van der Waals surface area contributed by atoms with Gasteiger partial charge in [0.05, 0.1) is 23.5 Å². The first-order chi connectivity index (χ1) is 8.79. The first-order valence-corrected chi connectivity index (χ1v) is 7.29. The lowest BCUT2D eigenvalue weighted by molar-refractivity contribution is 0.777. The fourth-order valence-electron chi connectivity index (χ4n) is 2.12. The molecule has 0 saturated carbocycles. The Hall–Kier alpha value is -1.32. The fraction of sp³-hybridized carbons (Fsp3) is 0.214. The van der Waals surface area contributed by atoms with Crippen molar-refractivity contribution in [1.82, 2.24) is 9.55 Å². The van der Waals surface area contributed by atoms with Crippen LogP contribution in [0.1, 0.15) is 17.0 Å². The lowest BCUT2D eigenvalue weighted by Gasteiger charge is -2.07. The van der Waals surface area contributed by atoms with Crippen LogP contribution in [0.5, 0.6) is 0 Å². The van der Waals surface area contributed by atoms with Crippen LogP contribution in [0.25, 0.3) is 11.0 Å². The Morgan fingerprint density at radius 2 is 2.11 bits per heavy atom. The molecule has 0 aliphatic carbocycles. The molecule has 0 radical (unpaired) electrons. The molecule has 0 saturated heterocycles. The van der Waals surface area contributed by atoms with Crippen molar-refractivity contribution in [2.75, 3.05) is 0 Å². The van der Waals surface area contributed by atoms with Crippen molar-refractivity contribution in [2.45, 2.75) is 19.3 Å². The first kappa shape index (κ1) is 11.8. The van der Waals surface area contributed by atoms with Crippen LogP contribution in [0, 0.1) is 6.92 Å². The Balaban J connectivity index is 2.12. The average molecular weight is 277 g/mol. The van der Waals surface area contributed by atoms with Gasteiger partial charge in [-0.1, -0.05) is 12.1 Å². The summed E-state index contributed by atoms with van der Waals surface area (Å²) in [6, 6.07) is 8.18. The Morgan fingerprint density at radius 3 is 2.83 bits per heavy atom. The molecule has 0 atom stereocenters. The molecule has 0 fully saturated rings. The minimum Gasteiger partial charge on any atom is -0.322 e. The lowest BCUT2D eigenvalue weighted by Crippen LogP contribution is -2.03. The molecule has 18 heavy (non-hydrogen) atoms. The van der Waals surface area contributed by atoms with Gasteiger partial charge in [0.2, 0.25) is 0 Å². The van der Waals surface area contributed by atoms with Crippen LogP contribution in [0.15, 0.2) is 35.0 Å². The molecule has 0 bridgehead atoms. The third-order valence-corrected chi connectivity index (χ3v) is 4.29. The standard InChI is InChI=1S/C14H13ClN2S/c1-10-8-18-9-11(10)7-17-13-5-3-2-4-12(13)16-14(17)6-15/h2-5,8-9H,6-7H2,1H3. The fourth-order valence-corrected chi connectivity index (χ4v) is 3.18. The number of imidazole rings is 1. The van der Waals surface area contributed by atoms with Crippen LogP contribution < -0.4 is 0 Å². The summed E-state index contributed by atoms with van der Waals surface area (Å²) in [6.45, 7) is 2.99. The monoisotopic (exact) mass is 276 g/mol. The molecular formula is C14H13ClN2S. The predicted octanol–water partition coefficient (Wildman–Crippen LogP) is 4.19. The smallest absolute Gasteiger partial charge is 0.125 e. The van der Waals surface area contributed by atoms with E-state index in [9.17, 15) is 0 Å². The van der Waals surface area contributed by atoms with Gasteiger partial charge in [-0.2, -0.15) is 11.3 Å². The summed E-state index contributed by atoms with van der Waals surface area (Å²) in [6.07, 6.45) is 0. The molecule has 0 aliphatic heterocycles. The second kappa shape index (κ2) is 4.75. The summed E-state index contributed by atoms with van der Waals surface area (Å²) in [5.74, 6) is 1.38. The van der Waals surface area contributed by atoms with Crippen molar-refractivity contribution in [3.8, 4) is 0 Å². The van der Waals surface area contributed by atoms with E-state index in [1.54, 1.807) is 11.3 Å². The maximum Gasteiger partial charge on any atom is 0.125 e. The van der Waals surface area contributed by atoms with E-state index >= 15 is 0 Å². The third-order valence-electron chi connectivity index (χ3n) is 3.14. The van der Waals surface area contributed by atoms with Crippen LogP contribution in [0.4, 0.5) is 0 Å². The molecular weight excluding hydrogens is 264 g/mol. The van der Waals surface area contributed by atoms with Gasteiger partial charge in [0.1, 0.15) is 5.82 Å². The van der Waals surface area contributed by atoms with Crippen molar-refractivity contribution in [2.24, 2.45) is 0 Å². The summed E-state index contributed by atoms with van der Waals surface area (Å²) in [7, 11) is 0. The SMILES string of the molecule is Cc1cscc1Cn1c(CCl)nc2ccccc21. The zero-order chi connectivity index (χ0) is 12.5. The van der Waals surface area contributed by atoms with E-state index < -0.39 is 0 Å². The number of para-hydroxylation sites is 2. The number of alkyl halides is 1. The highest BCUT2D eigenvalue weighted by molar-refractivity contribution is 7.08. The van der Waals surface area contributed by atoms with Crippen molar-refractivity contribution < 1.29 is 0 Å². The minimum absolute atomic E-state index is 0.442. The van der Waals surface area contributed by atoms with Gasteiger partial charge in [-0.25, -0.2) is 4.98 Å². The summed E-state index contributed by atoms with van der Waals surface area (Å²) < 4.78 is 2.21. The molecule has 92 valence electrons. The van der Waals surface area contributed by atoms with Gasteiger partial charge in [0, 0.05) is 0 Å². The van der Waals surface area contributed by atoms with E-state index in [2.05, 4.69) is 33.3 Å². The van der Waals surface area contributed by atoms with Gasteiger partial charge >= 0.3 is 0 Å². The van der Waals surface area contributed by atoms with Crippen molar-refractivity contribution in [3.05, 3.63) is 52.0 Å². The molecule has 0 spiro atoms. The van der Waals surface area contributed by atoms with Gasteiger partial charge in [-0.15, -0.1) is 11.6 Å². The Morgan fingerprint density at radius 1 is 1.28 bits per heavy atom. The summed E-state index contributed by atoms with van der Waals surface area (Å²) >= 11 is 7.74. The Bertz CT molecular complexity index is 684. The Labute approximate surface area is 115 Å². The quantitative estimate of drug-likeness (QED) is 0.656. The van der Waals surface area contributed by atoms with Gasteiger partial charge in [-0.3, -0.25) is 0 Å². The number of aryl methyl sites for hydroxylation is 1. The number of aromatic nitrogens is 2. The molecule has 0 amide bonds. The highest BCUT2D eigenvalue weighted by Gasteiger charge is 2.10. The molecule has 0 unspecified atom stereocenters. The number of thiophene rings is 1. The summed E-state index contributed by atoms with van der Waals surface area (Å²) in [4.78, 5) is 4.58. The zero-order valence-corrected chi connectivity index (χ0v) is 11.6. The molecule has 3 aromatic rings. The third kappa shape index (κ3) is 1.93. The number of nitrogens with zero attached hydrogens (tertiary/aromatic N) is 2. The molecule has 0 aliphatic rings. The number of halogens is 1. The van der Waals surface area contributed by atoms with Crippen molar-refractivity contribution in [1.29, 1.82) is 0 Å². The number of hydrogen-bond acceptors (Lipinski definition) is 2. The maximum atomic E-state index is 6.00. The molecule has 2 nitrogen and oxygen atoms in total. The van der Waals surface area contributed by atoms with Crippen molar-refractivity contribution >= 4 is 34.0 Å². The van der Waals surface area contributed by atoms with E-state index in [4.69, 9.17) is 11.6 Å². The number of rotatable bonds is 3. The minimum atomic E-state index is 0.442. The highest BCUT2D eigenvalue weighted by atomic mass is 35.5. The second-order valence-corrected chi connectivity index (χ2v) is 5.33. The van der Waals surface area contributed by atoms with Gasteiger partial charge in [-0.05, 0) is 40.9 Å². The Kier molecular flexibility index (Phi) is 3.10. The van der Waals surface area contributed by atoms with Crippen LogP contribution in [0.2, 0.25) is 0 Å². The van der Waals surface area contributed by atoms with E-state index in [0.717, 1.165) is 23.4 Å². The van der Waals surface area contributed by atoms with Gasteiger partial charge in [0.25, 0.3) is 0 Å². The normalized spacial score (nSPS) is 11.2. The zero-order valence-electron chi connectivity index (χ0n) is 10.1. The maximum absolute atomic E-state index is 6.00. The van der Waals surface area contributed by atoms with Crippen LogP contribution in [0.3, 0.4) is 0 Å². The topological polar surface area (TPSA) is 17.8 Å². The molecule has 2 heterocycles. The average Bonchev–Trinajstić information content (AvgIpc) is 2.95. The molecule has 4 heteroatoms. The van der Waals surface area contributed by atoms with E-state index in [1.165, 1.54) is 11.1 Å². The highest BCUT2D eigenvalue weighted by Crippen LogP contribution is 2.21. The predicted molar refractivity (Wildman–Crippen MR) is 77.4 cm³/mol. The first-order valence-electron chi connectivity index (χ1n) is 5.81. The summed E-state index contributed by atoms with van der Waals surface area (Å²) in [5.41, 5.74) is 4.84. The lowest BCUT2D eigenvalue weighted by atomic mass is 10.2. The van der Waals surface area contributed by atoms with E-state index in [0.29, 0.717) is 5.88 Å². The van der Waals surface area contributed by atoms with Gasteiger partial charge < -0.3 is 4.57 Å². The van der Waals surface area contributed by atoms with Gasteiger partial charge in [0.15, 0.2) is 0 Å². The molecule has 1 aromatic carbocycles. The number of benzene rings is 1. The van der Waals surface area contributed by atoms with Crippen LogP contribution in [-0.2, 0) is 12.4 Å². The molecule has 3 rings (SSSR count). The van der Waals surface area contributed by atoms with E-state index in [1.807, 2.05) is 18.2 Å². The van der Waals surface area contributed by atoms with Crippen LogP contribution in [-0.4, -0.2) is 9.55 Å². The largest absolute Gasteiger partial charge is 0.322 e. The van der Waals surface area contributed by atoms with Crippen LogP contribution >= 0.6 is 22.9 Å². The number of fused-ring (bicyclic) bond motifs is 1. The van der Waals surface area contributed by atoms with E-state index in [-0.39, 0.29) is 0 Å². The number of hydrogen-bond donors (Lipinski definition) is 0.